The van der Waals surface area contributed by atoms with Crippen LogP contribution in [0.15, 0.2) is 34.7 Å². The zero-order valence-electron chi connectivity index (χ0n) is 11.7. The molecule has 0 radical (unpaired) electrons. The van der Waals surface area contributed by atoms with Crippen molar-refractivity contribution in [2.24, 2.45) is 0 Å². The topological polar surface area (TPSA) is 69.1 Å². The number of hydrogen-bond acceptors (Lipinski definition) is 4. The molecule has 22 heavy (non-hydrogen) atoms. The van der Waals surface area contributed by atoms with Crippen LogP contribution >= 0.6 is 11.6 Å². The average molecular weight is 313 g/mol. The first kappa shape index (κ1) is 13.3. The Morgan fingerprint density at radius 3 is 2.86 bits per heavy atom. The van der Waals surface area contributed by atoms with Gasteiger partial charge in [-0.2, -0.15) is 0 Å². The third-order valence-electron chi connectivity index (χ3n) is 4.03. The van der Waals surface area contributed by atoms with Gasteiger partial charge >= 0.3 is 0 Å². The number of carbonyl (C=O) groups excluding carboxylic acids is 1. The van der Waals surface area contributed by atoms with Gasteiger partial charge in [-0.3, -0.25) is 4.79 Å². The molecule has 2 aromatic heterocycles. The van der Waals surface area contributed by atoms with Gasteiger partial charge in [0, 0.05) is 12.0 Å². The Morgan fingerprint density at radius 1 is 1.23 bits per heavy atom. The fourth-order valence-corrected chi connectivity index (χ4v) is 3.18. The molecule has 4 rings (SSSR count). The standard InChI is InChI=1S/C17H13ClN2O2/c18-11-5-2-1-4-9(11)14-8-10-16(19)15-12(20-17(10)22-14)6-3-7-13(15)21/h1-2,4-5,8H,3,6-7H2,(H2,19,20). The highest BCUT2D eigenvalue weighted by Gasteiger charge is 2.25. The number of fused-ring (bicyclic) bond motifs is 2. The van der Waals surface area contributed by atoms with Crippen molar-refractivity contribution in [1.29, 1.82) is 0 Å². The van der Waals surface area contributed by atoms with E-state index in [1.165, 1.54) is 0 Å². The van der Waals surface area contributed by atoms with Crippen LogP contribution < -0.4 is 5.73 Å². The zero-order chi connectivity index (χ0) is 15.3. The molecule has 0 bridgehead atoms. The van der Waals surface area contributed by atoms with Crippen LogP contribution in [0.25, 0.3) is 22.4 Å². The molecule has 0 saturated carbocycles. The lowest BCUT2D eigenvalue weighted by atomic mass is 9.92. The average Bonchev–Trinajstić information content (AvgIpc) is 2.92. The van der Waals surface area contributed by atoms with Crippen LogP contribution in [0.2, 0.25) is 5.02 Å². The van der Waals surface area contributed by atoms with Crippen molar-refractivity contribution < 1.29 is 9.21 Å². The molecule has 0 atom stereocenters. The van der Waals surface area contributed by atoms with Gasteiger partial charge in [0.2, 0.25) is 5.71 Å². The molecule has 0 spiro atoms. The van der Waals surface area contributed by atoms with Crippen LogP contribution in [0.3, 0.4) is 0 Å². The molecule has 0 amide bonds. The van der Waals surface area contributed by atoms with Gasteiger partial charge in [-0.1, -0.05) is 23.7 Å². The number of ketones is 1. The van der Waals surface area contributed by atoms with Crippen LogP contribution in [0, 0.1) is 0 Å². The molecule has 0 aliphatic heterocycles. The lowest BCUT2D eigenvalue weighted by Crippen LogP contribution is -2.15. The normalized spacial score (nSPS) is 14.3. The Hall–Kier alpha value is -2.33. The maximum absolute atomic E-state index is 12.1. The summed E-state index contributed by atoms with van der Waals surface area (Å²) in [5, 5.41) is 1.27. The van der Waals surface area contributed by atoms with E-state index in [1.807, 2.05) is 18.2 Å². The van der Waals surface area contributed by atoms with Crippen LogP contribution in [-0.2, 0) is 6.42 Å². The summed E-state index contributed by atoms with van der Waals surface area (Å²) in [5.74, 6) is 0.670. The zero-order valence-corrected chi connectivity index (χ0v) is 12.5. The van der Waals surface area contributed by atoms with Gasteiger partial charge in [-0.25, -0.2) is 4.98 Å². The van der Waals surface area contributed by atoms with Crippen LogP contribution in [0.5, 0.6) is 0 Å². The Balaban J connectivity index is 1.97. The highest BCUT2D eigenvalue weighted by Crippen LogP contribution is 2.37. The number of anilines is 1. The first-order valence-electron chi connectivity index (χ1n) is 7.15. The van der Waals surface area contributed by atoms with E-state index >= 15 is 0 Å². The monoisotopic (exact) mass is 312 g/mol. The molecular formula is C17H13ClN2O2. The largest absolute Gasteiger partial charge is 0.438 e. The number of nitrogens with two attached hydrogens (primary N) is 1. The van der Waals surface area contributed by atoms with E-state index in [2.05, 4.69) is 4.98 Å². The van der Waals surface area contributed by atoms with Gasteiger partial charge in [-0.15, -0.1) is 0 Å². The fraction of sp³-hybridized carbons (Fsp3) is 0.176. The minimum absolute atomic E-state index is 0.0636. The van der Waals surface area contributed by atoms with E-state index in [1.54, 1.807) is 12.1 Å². The van der Waals surface area contributed by atoms with Crippen molar-refractivity contribution in [3.05, 3.63) is 46.6 Å². The summed E-state index contributed by atoms with van der Waals surface area (Å²) in [6, 6.07) is 9.23. The predicted octanol–water partition coefficient (Wildman–Crippen LogP) is 4.25. The predicted molar refractivity (Wildman–Crippen MR) is 86.1 cm³/mol. The molecule has 1 aromatic carbocycles. The number of hydrogen-bond donors (Lipinski definition) is 1. The summed E-state index contributed by atoms with van der Waals surface area (Å²) in [4.78, 5) is 16.6. The lowest BCUT2D eigenvalue weighted by Gasteiger charge is -2.15. The van der Waals surface area contributed by atoms with Crippen molar-refractivity contribution in [2.45, 2.75) is 19.3 Å². The van der Waals surface area contributed by atoms with E-state index in [9.17, 15) is 4.79 Å². The number of carbonyl (C=O) groups is 1. The lowest BCUT2D eigenvalue weighted by molar-refractivity contribution is 0.0972. The van der Waals surface area contributed by atoms with Crippen LogP contribution in [0.1, 0.15) is 28.9 Å². The Morgan fingerprint density at radius 2 is 2.05 bits per heavy atom. The first-order valence-corrected chi connectivity index (χ1v) is 7.53. The van der Waals surface area contributed by atoms with E-state index in [0.29, 0.717) is 39.6 Å². The molecule has 0 unspecified atom stereocenters. The quantitative estimate of drug-likeness (QED) is 0.729. The number of nitrogens with zero attached hydrogens (tertiary/aromatic N) is 1. The molecule has 2 heterocycles. The molecule has 3 aromatic rings. The summed E-state index contributed by atoms with van der Waals surface area (Å²) >= 11 is 6.21. The molecule has 5 heteroatoms. The molecule has 0 saturated heterocycles. The molecular weight excluding hydrogens is 300 g/mol. The smallest absolute Gasteiger partial charge is 0.229 e. The minimum atomic E-state index is 0.0636. The van der Waals surface area contributed by atoms with E-state index in [4.69, 9.17) is 21.8 Å². The second-order valence-electron chi connectivity index (χ2n) is 5.43. The number of pyridine rings is 1. The summed E-state index contributed by atoms with van der Waals surface area (Å²) in [7, 11) is 0. The number of halogens is 1. The Labute approximate surface area is 131 Å². The molecule has 110 valence electrons. The van der Waals surface area contributed by atoms with Gasteiger partial charge in [0.15, 0.2) is 5.78 Å². The maximum Gasteiger partial charge on any atom is 0.229 e. The molecule has 0 fully saturated rings. The highest BCUT2D eigenvalue weighted by molar-refractivity contribution is 6.33. The van der Waals surface area contributed by atoms with Crippen molar-refractivity contribution >= 4 is 34.2 Å². The molecule has 1 aliphatic carbocycles. The summed E-state index contributed by atoms with van der Waals surface area (Å²) in [5.41, 5.74) is 9.21. The highest BCUT2D eigenvalue weighted by atomic mass is 35.5. The second-order valence-corrected chi connectivity index (χ2v) is 5.84. The van der Waals surface area contributed by atoms with Crippen LogP contribution in [-0.4, -0.2) is 10.8 Å². The van der Waals surface area contributed by atoms with Gasteiger partial charge in [0.1, 0.15) is 5.76 Å². The summed E-state index contributed by atoms with van der Waals surface area (Å²) in [6.07, 6.45) is 2.09. The number of nitrogen functional groups attached to an aromatic ring is 1. The van der Waals surface area contributed by atoms with Gasteiger partial charge in [0.05, 0.1) is 27.4 Å². The van der Waals surface area contributed by atoms with E-state index < -0.39 is 0 Å². The third kappa shape index (κ3) is 1.91. The number of benzene rings is 1. The first-order chi connectivity index (χ1) is 10.6. The fourth-order valence-electron chi connectivity index (χ4n) is 2.95. The van der Waals surface area contributed by atoms with Gasteiger partial charge < -0.3 is 10.2 Å². The van der Waals surface area contributed by atoms with E-state index in [0.717, 1.165) is 24.1 Å². The minimum Gasteiger partial charge on any atom is -0.438 e. The van der Waals surface area contributed by atoms with Crippen molar-refractivity contribution in [2.75, 3.05) is 5.73 Å². The summed E-state index contributed by atoms with van der Waals surface area (Å²) < 4.78 is 5.83. The maximum atomic E-state index is 12.1. The number of furan rings is 1. The van der Waals surface area contributed by atoms with Gasteiger partial charge in [0.25, 0.3) is 0 Å². The van der Waals surface area contributed by atoms with E-state index in [-0.39, 0.29) is 5.78 Å². The number of Topliss-reactive ketones (excluding diaryl/α,β-unsaturated/α-hetero) is 1. The third-order valence-corrected chi connectivity index (χ3v) is 4.36. The van der Waals surface area contributed by atoms with Crippen molar-refractivity contribution in [1.82, 2.24) is 4.98 Å². The SMILES string of the molecule is Nc1c2c(nc3oc(-c4ccccc4Cl)cc13)CCCC2=O. The number of aryl methyl sites for hydroxylation is 1. The molecule has 1 aliphatic rings. The molecule has 2 N–H and O–H groups in total. The van der Waals surface area contributed by atoms with Gasteiger partial charge in [-0.05, 0) is 31.0 Å². The molecule has 4 nitrogen and oxygen atoms in total. The summed E-state index contributed by atoms with van der Waals surface area (Å²) in [6.45, 7) is 0. The van der Waals surface area contributed by atoms with Crippen molar-refractivity contribution in [3.8, 4) is 11.3 Å². The number of aromatic nitrogens is 1. The Kier molecular flexibility index (Phi) is 2.94. The van der Waals surface area contributed by atoms with Crippen molar-refractivity contribution in [3.63, 3.8) is 0 Å². The second kappa shape index (κ2) is 4.85. The van der Waals surface area contributed by atoms with Crippen LogP contribution in [0.4, 0.5) is 5.69 Å². The Bertz CT molecular complexity index is 914. The number of rotatable bonds is 1.